The summed E-state index contributed by atoms with van der Waals surface area (Å²) >= 11 is 0. The first-order chi connectivity index (χ1) is 17.4. The van der Waals surface area contributed by atoms with Gasteiger partial charge in [0.15, 0.2) is 6.61 Å². The van der Waals surface area contributed by atoms with Crippen LogP contribution in [0.15, 0.2) is 66.7 Å². The fourth-order valence-electron chi connectivity index (χ4n) is 3.61. The Hall–Kier alpha value is -4.79. The molecule has 1 aromatic heterocycles. The molecule has 0 aliphatic carbocycles. The molecule has 0 fully saturated rings. The molecule has 0 atom stereocenters. The first-order valence-electron chi connectivity index (χ1n) is 11.0. The molecule has 36 heavy (non-hydrogen) atoms. The van der Waals surface area contributed by atoms with Gasteiger partial charge in [0, 0.05) is 22.0 Å². The fraction of sp³-hybridized carbons (Fsp3) is 0.148. The molecule has 0 spiro atoms. The Kier molecular flexibility index (Phi) is 7.20. The van der Waals surface area contributed by atoms with Crippen LogP contribution in [0, 0.1) is 6.92 Å². The highest BCUT2D eigenvalue weighted by molar-refractivity contribution is 6.00. The highest BCUT2D eigenvalue weighted by Gasteiger charge is 2.16. The molecule has 0 unspecified atom stereocenters. The van der Waals surface area contributed by atoms with Gasteiger partial charge < -0.3 is 19.5 Å². The van der Waals surface area contributed by atoms with Gasteiger partial charge >= 0.3 is 11.9 Å². The van der Waals surface area contributed by atoms with E-state index in [9.17, 15) is 14.4 Å². The molecule has 3 aromatic carbocycles. The number of esters is 2. The Morgan fingerprint density at radius 2 is 1.42 bits per heavy atom. The Morgan fingerprint density at radius 1 is 0.806 bits per heavy atom. The summed E-state index contributed by atoms with van der Waals surface area (Å²) in [6.45, 7) is 1.63. The number of anilines is 1. The molecular weight excluding hydrogens is 462 g/mol. The van der Waals surface area contributed by atoms with Crippen LogP contribution >= 0.6 is 0 Å². The summed E-state index contributed by atoms with van der Waals surface area (Å²) in [5.41, 5.74) is 3.13. The van der Waals surface area contributed by atoms with Gasteiger partial charge in [0.1, 0.15) is 5.69 Å². The van der Waals surface area contributed by atoms with Crippen LogP contribution in [0.5, 0.6) is 5.88 Å². The fourth-order valence-corrected chi connectivity index (χ4v) is 3.61. The lowest BCUT2D eigenvalue weighted by Crippen LogP contribution is -2.21. The number of benzene rings is 3. The van der Waals surface area contributed by atoms with Gasteiger partial charge in [-0.2, -0.15) is 0 Å². The zero-order valence-electron chi connectivity index (χ0n) is 19.9. The number of ether oxygens (including phenoxy) is 3. The molecule has 4 aromatic rings. The first-order valence-corrected chi connectivity index (χ1v) is 11.0. The topological polar surface area (TPSA) is 117 Å². The minimum absolute atomic E-state index is 0.0835. The summed E-state index contributed by atoms with van der Waals surface area (Å²) in [4.78, 5) is 36.6. The van der Waals surface area contributed by atoms with Gasteiger partial charge in [-0.05, 0) is 31.2 Å². The number of amides is 1. The van der Waals surface area contributed by atoms with E-state index in [2.05, 4.69) is 15.5 Å². The number of aryl methyl sites for hydroxylation is 1. The monoisotopic (exact) mass is 485 g/mol. The Bertz CT molecular complexity index is 1420. The van der Waals surface area contributed by atoms with Crippen LogP contribution in [-0.2, 0) is 14.3 Å². The summed E-state index contributed by atoms with van der Waals surface area (Å²) in [6.07, 6.45) is 0. The number of nitrogens with zero attached hydrogens (tertiary/aromatic N) is 2. The third-order valence-electron chi connectivity index (χ3n) is 5.38. The van der Waals surface area contributed by atoms with Crippen molar-refractivity contribution < 1.29 is 28.6 Å². The Labute approximate surface area is 207 Å². The van der Waals surface area contributed by atoms with Crippen LogP contribution in [0.2, 0.25) is 0 Å². The van der Waals surface area contributed by atoms with Gasteiger partial charge in [0.05, 0.1) is 25.3 Å². The summed E-state index contributed by atoms with van der Waals surface area (Å²) in [5, 5.41) is 12.7. The number of carbonyl (C=O) groups is 3. The smallest absolute Gasteiger partial charge is 0.337 e. The molecule has 182 valence electrons. The summed E-state index contributed by atoms with van der Waals surface area (Å²) in [7, 11) is 2.43. The second-order valence-electron chi connectivity index (χ2n) is 7.88. The molecule has 0 saturated heterocycles. The van der Waals surface area contributed by atoms with E-state index in [-0.39, 0.29) is 29.3 Å². The van der Waals surface area contributed by atoms with Crippen molar-refractivity contribution >= 4 is 34.3 Å². The van der Waals surface area contributed by atoms with Crippen molar-refractivity contribution in [3.05, 3.63) is 83.4 Å². The van der Waals surface area contributed by atoms with Crippen LogP contribution in [0.1, 0.15) is 26.3 Å². The van der Waals surface area contributed by atoms with Gasteiger partial charge in [0.25, 0.3) is 5.91 Å². The van der Waals surface area contributed by atoms with E-state index in [1.54, 1.807) is 0 Å². The maximum Gasteiger partial charge on any atom is 0.337 e. The van der Waals surface area contributed by atoms with Gasteiger partial charge in [-0.3, -0.25) is 4.79 Å². The van der Waals surface area contributed by atoms with Gasteiger partial charge in [0.2, 0.25) is 5.88 Å². The van der Waals surface area contributed by atoms with Crippen molar-refractivity contribution in [2.45, 2.75) is 6.92 Å². The number of hydrogen-bond acceptors (Lipinski definition) is 8. The minimum Gasteiger partial charge on any atom is -0.466 e. The summed E-state index contributed by atoms with van der Waals surface area (Å²) in [5.74, 6) is -1.65. The second kappa shape index (κ2) is 10.6. The largest absolute Gasteiger partial charge is 0.466 e. The number of carbonyl (C=O) groups excluding carboxylic acids is 3. The molecule has 1 heterocycles. The van der Waals surface area contributed by atoms with E-state index in [4.69, 9.17) is 14.2 Å². The number of methoxy groups -OCH3 is 2. The molecule has 9 nitrogen and oxygen atoms in total. The van der Waals surface area contributed by atoms with Gasteiger partial charge in [-0.1, -0.05) is 48.0 Å². The summed E-state index contributed by atoms with van der Waals surface area (Å²) < 4.78 is 15.1. The van der Waals surface area contributed by atoms with Crippen LogP contribution in [0.4, 0.5) is 5.69 Å². The second-order valence-corrected chi connectivity index (χ2v) is 7.88. The van der Waals surface area contributed by atoms with E-state index >= 15 is 0 Å². The van der Waals surface area contributed by atoms with Gasteiger partial charge in [-0.15, -0.1) is 10.2 Å². The maximum absolute atomic E-state index is 12.6. The lowest BCUT2D eigenvalue weighted by atomic mass is 10.0. The van der Waals surface area contributed by atoms with Gasteiger partial charge in [-0.25, -0.2) is 9.59 Å². The number of aromatic nitrogens is 2. The normalized spacial score (nSPS) is 10.5. The van der Waals surface area contributed by atoms with Crippen molar-refractivity contribution in [2.75, 3.05) is 26.1 Å². The van der Waals surface area contributed by atoms with Crippen LogP contribution in [-0.4, -0.2) is 48.9 Å². The Morgan fingerprint density at radius 3 is 2.03 bits per heavy atom. The zero-order valence-corrected chi connectivity index (χ0v) is 19.9. The number of hydrogen-bond donors (Lipinski definition) is 1. The third-order valence-corrected chi connectivity index (χ3v) is 5.38. The molecule has 0 radical (unpaired) electrons. The predicted octanol–water partition coefficient (Wildman–Crippen LogP) is 4.20. The predicted molar refractivity (Wildman–Crippen MR) is 133 cm³/mol. The first kappa shape index (κ1) is 24.3. The van der Waals surface area contributed by atoms with Crippen LogP contribution < -0.4 is 10.1 Å². The molecule has 9 heteroatoms. The molecule has 4 rings (SSSR count). The number of fused-ring (bicyclic) bond motifs is 1. The van der Waals surface area contributed by atoms with Crippen molar-refractivity contribution in [1.29, 1.82) is 0 Å². The quantitative estimate of drug-likeness (QED) is 0.387. The summed E-state index contributed by atoms with van der Waals surface area (Å²) in [6, 6.07) is 19.6. The van der Waals surface area contributed by atoms with Crippen LogP contribution in [0.3, 0.4) is 0 Å². The van der Waals surface area contributed by atoms with E-state index in [0.29, 0.717) is 11.1 Å². The lowest BCUT2D eigenvalue weighted by Gasteiger charge is -2.12. The Balaban J connectivity index is 1.54. The minimum atomic E-state index is -0.664. The number of nitrogens with one attached hydrogen (secondary N) is 1. The zero-order chi connectivity index (χ0) is 25.7. The lowest BCUT2D eigenvalue weighted by molar-refractivity contribution is -0.118. The maximum atomic E-state index is 12.6. The van der Waals surface area contributed by atoms with Crippen molar-refractivity contribution in [3.8, 4) is 17.1 Å². The molecular formula is C27H23N3O6. The molecule has 0 aliphatic heterocycles. The number of rotatable bonds is 7. The standard InChI is InChI=1S/C27H23N3O6/c1-16-8-10-17(11-9-16)24-21-6-4-5-7-22(21)25(30-29-24)36-15-23(31)28-20-13-18(26(32)34-2)12-19(14-20)27(33)35-3/h4-14H,15H2,1-3H3,(H,28,31). The van der Waals surface area contributed by atoms with E-state index in [0.717, 1.165) is 16.5 Å². The highest BCUT2D eigenvalue weighted by Crippen LogP contribution is 2.30. The van der Waals surface area contributed by atoms with Crippen molar-refractivity contribution in [1.82, 2.24) is 10.2 Å². The average Bonchev–Trinajstić information content (AvgIpc) is 2.91. The molecule has 0 bridgehead atoms. The SMILES string of the molecule is COC(=O)c1cc(NC(=O)COc2nnc(-c3ccc(C)cc3)c3ccccc23)cc(C(=O)OC)c1. The van der Waals surface area contributed by atoms with E-state index in [1.165, 1.54) is 32.4 Å². The molecule has 1 amide bonds. The van der Waals surface area contributed by atoms with Crippen LogP contribution in [0.25, 0.3) is 22.0 Å². The molecule has 1 N–H and O–H groups in total. The van der Waals surface area contributed by atoms with Crippen molar-refractivity contribution in [2.24, 2.45) is 0 Å². The highest BCUT2D eigenvalue weighted by atomic mass is 16.5. The molecule has 0 saturated carbocycles. The average molecular weight is 485 g/mol. The van der Waals surface area contributed by atoms with E-state index < -0.39 is 17.8 Å². The van der Waals surface area contributed by atoms with Crippen molar-refractivity contribution in [3.63, 3.8) is 0 Å². The van der Waals surface area contributed by atoms with E-state index in [1.807, 2.05) is 55.5 Å². The third kappa shape index (κ3) is 5.30. The molecule has 0 aliphatic rings.